The van der Waals surface area contributed by atoms with Gasteiger partial charge in [-0.15, -0.1) is 12.4 Å². The molecule has 1 aromatic heterocycles. The van der Waals surface area contributed by atoms with Crippen LogP contribution in [0.15, 0.2) is 6.07 Å². The van der Waals surface area contributed by atoms with E-state index in [9.17, 15) is 4.79 Å². The molecule has 1 amide bonds. The molecule has 3 heterocycles. The maximum Gasteiger partial charge on any atom is 0.269 e. The first kappa shape index (κ1) is 17.2. The second-order valence-corrected chi connectivity index (χ2v) is 6.88. The Balaban J connectivity index is 0.00000176. The Hall–Kier alpha value is -1.11. The lowest BCUT2D eigenvalue weighted by Crippen LogP contribution is -2.42. The van der Waals surface area contributed by atoms with Gasteiger partial charge in [0.1, 0.15) is 5.69 Å². The Morgan fingerprint density at radius 2 is 2.41 bits per heavy atom. The molecule has 2 saturated heterocycles. The third-order valence-electron chi connectivity index (χ3n) is 4.86. The van der Waals surface area contributed by atoms with Gasteiger partial charge < -0.3 is 16.0 Å². The van der Waals surface area contributed by atoms with Crippen molar-refractivity contribution in [2.24, 2.45) is 11.1 Å². The molecule has 0 aliphatic carbocycles. The third kappa shape index (κ3) is 3.80. The number of aromatic nitrogens is 2. The average molecular weight is 328 g/mol. The summed E-state index contributed by atoms with van der Waals surface area (Å²) in [6.07, 6.45) is 3.59. The van der Waals surface area contributed by atoms with Crippen LogP contribution in [0.1, 0.15) is 48.3 Å². The molecule has 2 atom stereocenters. The molecule has 3 rings (SSSR count). The fourth-order valence-electron chi connectivity index (χ4n) is 3.67. The van der Waals surface area contributed by atoms with Crippen LogP contribution in [0.25, 0.3) is 0 Å². The number of amides is 1. The maximum absolute atomic E-state index is 11.2. The van der Waals surface area contributed by atoms with Crippen molar-refractivity contribution in [1.82, 2.24) is 20.4 Å². The number of rotatable bonds is 4. The summed E-state index contributed by atoms with van der Waals surface area (Å²) in [5.41, 5.74) is 7.05. The highest BCUT2D eigenvalue weighted by atomic mass is 35.5. The molecular weight excluding hydrogens is 302 g/mol. The van der Waals surface area contributed by atoms with Crippen molar-refractivity contribution in [2.45, 2.75) is 32.1 Å². The number of nitrogens with one attached hydrogen (secondary N) is 2. The Bertz CT molecular complexity index is 512. The van der Waals surface area contributed by atoms with Crippen molar-refractivity contribution in [3.63, 3.8) is 0 Å². The van der Waals surface area contributed by atoms with Crippen LogP contribution >= 0.6 is 12.4 Å². The van der Waals surface area contributed by atoms with E-state index in [0.29, 0.717) is 17.0 Å². The van der Waals surface area contributed by atoms with Crippen LogP contribution in [0.5, 0.6) is 0 Å². The molecule has 0 aromatic carbocycles. The number of nitrogens with two attached hydrogens (primary N) is 1. The minimum absolute atomic E-state index is 0. The molecule has 2 aliphatic heterocycles. The molecule has 2 fully saturated rings. The van der Waals surface area contributed by atoms with Gasteiger partial charge in [-0.3, -0.25) is 9.89 Å². The predicted molar refractivity (Wildman–Crippen MR) is 88.4 cm³/mol. The highest BCUT2D eigenvalue weighted by Crippen LogP contribution is 2.31. The summed E-state index contributed by atoms with van der Waals surface area (Å²) in [7, 11) is 0. The molecule has 2 aliphatic rings. The number of hydrogen-bond donors (Lipinski definition) is 3. The molecule has 4 N–H and O–H groups in total. The second kappa shape index (κ2) is 6.98. The molecular formula is C15H26ClN5O. The minimum Gasteiger partial charge on any atom is -0.364 e. The zero-order chi connectivity index (χ0) is 14.9. The number of piperidine rings is 1. The number of nitrogens with zero attached hydrogens (tertiary/aromatic N) is 2. The minimum atomic E-state index is -0.463. The van der Waals surface area contributed by atoms with Gasteiger partial charge in [0.25, 0.3) is 5.91 Å². The first-order chi connectivity index (χ1) is 10.1. The highest BCUT2D eigenvalue weighted by molar-refractivity contribution is 5.90. The SMILES string of the molecule is CC1(CN2CCCC(c3cc(C(N)=O)n[nH]3)C2)CCNC1.Cl. The Morgan fingerprint density at radius 1 is 1.59 bits per heavy atom. The van der Waals surface area contributed by atoms with E-state index in [4.69, 9.17) is 5.73 Å². The lowest BCUT2D eigenvalue weighted by atomic mass is 9.87. The number of carbonyl (C=O) groups is 1. The molecule has 1 aromatic rings. The van der Waals surface area contributed by atoms with Gasteiger partial charge in [0, 0.05) is 31.2 Å². The summed E-state index contributed by atoms with van der Waals surface area (Å²) >= 11 is 0. The van der Waals surface area contributed by atoms with Crippen LogP contribution in [0.3, 0.4) is 0 Å². The second-order valence-electron chi connectivity index (χ2n) is 6.88. The fraction of sp³-hybridized carbons (Fsp3) is 0.733. The van der Waals surface area contributed by atoms with Crippen LogP contribution < -0.4 is 11.1 Å². The number of halogens is 1. The van der Waals surface area contributed by atoms with E-state index in [1.54, 1.807) is 0 Å². The highest BCUT2D eigenvalue weighted by Gasteiger charge is 2.33. The summed E-state index contributed by atoms with van der Waals surface area (Å²) < 4.78 is 0. The van der Waals surface area contributed by atoms with E-state index >= 15 is 0 Å². The lowest BCUT2D eigenvalue weighted by Gasteiger charge is -2.37. The largest absolute Gasteiger partial charge is 0.364 e. The van der Waals surface area contributed by atoms with Crippen molar-refractivity contribution < 1.29 is 4.79 Å². The Kier molecular flexibility index (Phi) is 5.47. The van der Waals surface area contributed by atoms with Gasteiger partial charge in [0.2, 0.25) is 0 Å². The van der Waals surface area contributed by atoms with E-state index in [1.807, 2.05) is 6.07 Å². The molecule has 0 radical (unpaired) electrons. The van der Waals surface area contributed by atoms with E-state index in [1.165, 1.54) is 19.4 Å². The van der Waals surface area contributed by atoms with Crippen molar-refractivity contribution >= 4 is 18.3 Å². The van der Waals surface area contributed by atoms with Crippen molar-refractivity contribution in [2.75, 3.05) is 32.7 Å². The summed E-state index contributed by atoms with van der Waals surface area (Å²) in [4.78, 5) is 13.7. The predicted octanol–water partition coefficient (Wildman–Crippen LogP) is 1.11. The van der Waals surface area contributed by atoms with Gasteiger partial charge in [-0.2, -0.15) is 5.10 Å². The van der Waals surface area contributed by atoms with Crippen molar-refractivity contribution in [1.29, 1.82) is 0 Å². The third-order valence-corrected chi connectivity index (χ3v) is 4.86. The number of aromatic amines is 1. The first-order valence-electron chi connectivity index (χ1n) is 7.84. The normalized spacial score (nSPS) is 29.2. The summed E-state index contributed by atoms with van der Waals surface area (Å²) in [5, 5.41) is 10.5. The van der Waals surface area contributed by atoms with Crippen LogP contribution in [-0.4, -0.2) is 53.7 Å². The van der Waals surface area contributed by atoms with Crippen molar-refractivity contribution in [3.8, 4) is 0 Å². The summed E-state index contributed by atoms with van der Waals surface area (Å²) in [6.45, 7) is 7.98. The summed E-state index contributed by atoms with van der Waals surface area (Å²) in [6, 6.07) is 1.81. The van der Waals surface area contributed by atoms with Crippen LogP contribution in [0, 0.1) is 5.41 Å². The monoisotopic (exact) mass is 327 g/mol. The zero-order valence-electron chi connectivity index (χ0n) is 13.1. The first-order valence-corrected chi connectivity index (χ1v) is 7.84. The molecule has 7 heteroatoms. The Labute approximate surface area is 137 Å². The van der Waals surface area contributed by atoms with Crippen LogP contribution in [0.2, 0.25) is 0 Å². The standard InChI is InChI=1S/C15H25N5O.ClH/c1-15(4-5-17-9-15)10-20-6-2-3-11(8-20)12-7-13(14(16)21)19-18-12;/h7,11,17H,2-6,8-10H2,1H3,(H2,16,21)(H,18,19);1H. The maximum atomic E-state index is 11.2. The van der Waals surface area contributed by atoms with E-state index in [2.05, 4.69) is 27.3 Å². The van der Waals surface area contributed by atoms with Gasteiger partial charge in [-0.1, -0.05) is 6.92 Å². The number of likely N-dealkylation sites (tertiary alicyclic amines) is 1. The van der Waals surface area contributed by atoms with Gasteiger partial charge in [0.15, 0.2) is 0 Å². The van der Waals surface area contributed by atoms with Crippen LogP contribution in [0.4, 0.5) is 0 Å². The Morgan fingerprint density at radius 3 is 3.05 bits per heavy atom. The quantitative estimate of drug-likeness (QED) is 0.773. The molecule has 0 saturated carbocycles. The zero-order valence-corrected chi connectivity index (χ0v) is 13.9. The average Bonchev–Trinajstić information content (AvgIpc) is 3.08. The van der Waals surface area contributed by atoms with E-state index in [-0.39, 0.29) is 12.4 Å². The van der Waals surface area contributed by atoms with E-state index < -0.39 is 5.91 Å². The molecule has 124 valence electrons. The smallest absolute Gasteiger partial charge is 0.269 e. The fourth-order valence-corrected chi connectivity index (χ4v) is 3.67. The number of hydrogen-bond acceptors (Lipinski definition) is 4. The molecule has 6 nitrogen and oxygen atoms in total. The van der Waals surface area contributed by atoms with Gasteiger partial charge in [-0.05, 0) is 43.8 Å². The van der Waals surface area contributed by atoms with Gasteiger partial charge in [-0.25, -0.2) is 0 Å². The van der Waals surface area contributed by atoms with Gasteiger partial charge in [0.05, 0.1) is 0 Å². The molecule has 22 heavy (non-hydrogen) atoms. The van der Waals surface area contributed by atoms with Crippen LogP contribution in [-0.2, 0) is 0 Å². The molecule has 0 bridgehead atoms. The molecule has 0 spiro atoms. The van der Waals surface area contributed by atoms with E-state index in [0.717, 1.165) is 38.3 Å². The lowest BCUT2D eigenvalue weighted by molar-refractivity contribution is 0.0995. The summed E-state index contributed by atoms with van der Waals surface area (Å²) in [5.74, 6) is -0.0352. The number of carbonyl (C=O) groups excluding carboxylic acids is 1. The number of primary amides is 1. The van der Waals surface area contributed by atoms with Gasteiger partial charge >= 0.3 is 0 Å². The molecule has 2 unspecified atom stereocenters. The number of H-pyrrole nitrogens is 1. The topological polar surface area (TPSA) is 87.0 Å². The van der Waals surface area contributed by atoms with Crippen molar-refractivity contribution in [3.05, 3.63) is 17.5 Å².